The summed E-state index contributed by atoms with van der Waals surface area (Å²) in [5.41, 5.74) is 71.7. The highest BCUT2D eigenvalue weighted by molar-refractivity contribution is 8.13. The van der Waals surface area contributed by atoms with Crippen molar-refractivity contribution in [2.45, 2.75) is 255 Å². The fourth-order valence-electron chi connectivity index (χ4n) is 3.58. The van der Waals surface area contributed by atoms with Gasteiger partial charge in [-0.2, -0.15) is 5.26 Å². The maximum Gasteiger partial charge on any atom is 0.209 e. The lowest BCUT2D eigenvalue weighted by atomic mass is 10.2. The molecule has 846 valence electrons. The number of thioether (sulfide) groups is 1. The van der Waals surface area contributed by atoms with Crippen molar-refractivity contribution in [2.75, 3.05) is 247 Å². The van der Waals surface area contributed by atoms with E-state index in [1.165, 1.54) is 68.8 Å². The zero-order chi connectivity index (χ0) is 108. The normalized spacial score (nSPS) is 9.36. The first kappa shape index (κ1) is 211. The number of aliphatic imine (C=N–C) groups is 9. The molecule has 1 fully saturated rings. The van der Waals surface area contributed by atoms with Crippen LogP contribution in [0.1, 0.15) is 238 Å². The number of hydrogen-bond donors (Lipinski definition) is 24. The SMILES string of the molecule is C.C.C.C.C.C.C.C=C(C)N.C=C(N)CC.CC.CCC.CCCN.CCCNC.CCCNC.CCCNC.CCN(C)CC.CCN=C(N)N.CCNC.CCNC(N)=NC.CCNC(N)=NC.CN(C)C.CN(C)C(N)=NC#N.CN(C)C1CNC1.CN=C(C)N.CN=C(N)N.CN=C(N)NC.CN=C(N)SC.CN=CN.CNC.CNC(C)C.Cc1cnc(C)s1.Cc1nccn1C. The first-order chi connectivity index (χ1) is 60.7. The molecule has 0 saturated carbocycles. The Balaban J connectivity index is -0.0000000329. The van der Waals surface area contributed by atoms with Crippen molar-refractivity contribution < 1.29 is 0 Å². The Hall–Kier alpha value is -8.65. The molecule has 41 nitrogen and oxygen atoms in total. The molecule has 0 amide bonds. The zero-order valence-electron chi connectivity index (χ0n) is 93.1. The van der Waals surface area contributed by atoms with Gasteiger partial charge in [-0.25, -0.2) is 9.97 Å². The highest BCUT2D eigenvalue weighted by Crippen LogP contribution is 2.08. The van der Waals surface area contributed by atoms with Crippen LogP contribution < -0.4 is 133 Å². The van der Waals surface area contributed by atoms with Crippen LogP contribution in [0.3, 0.4) is 0 Å². The molecule has 0 unspecified atom stereocenters. The number of thiazole rings is 1. The van der Waals surface area contributed by atoms with Crippen LogP contribution in [-0.4, -0.2) is 346 Å². The van der Waals surface area contributed by atoms with E-state index >= 15 is 0 Å². The number of rotatable bonds is 16. The highest BCUT2D eigenvalue weighted by Gasteiger charge is 2.17. The highest BCUT2D eigenvalue weighted by atomic mass is 32.2. The number of guanidine groups is 6. The van der Waals surface area contributed by atoms with Gasteiger partial charge in [-0.3, -0.25) is 39.9 Å². The molecule has 2 aromatic heterocycles. The van der Waals surface area contributed by atoms with Crippen LogP contribution in [0.2, 0.25) is 0 Å². The predicted octanol–water partition coefficient (Wildman–Crippen LogP) is 9.90. The number of allylic oxidation sites excluding steroid dienone is 2. The van der Waals surface area contributed by atoms with E-state index in [1.54, 1.807) is 106 Å². The number of nitrogens with zero attached hydrogens (tertiary/aromatic N) is 17. The average molecular weight is 2020 g/mol. The Kier molecular flexibility index (Phi) is 330. The first-order valence-electron chi connectivity index (χ1n) is 44.0. The second kappa shape index (κ2) is 215. The molecule has 3 rings (SSSR count). The Bertz CT molecular complexity index is 2440. The van der Waals surface area contributed by atoms with Gasteiger partial charge in [0.2, 0.25) is 12.2 Å². The molecule has 1 aliphatic rings. The topological polar surface area (TPSA) is 663 Å². The van der Waals surface area contributed by atoms with Gasteiger partial charge < -0.3 is 158 Å². The van der Waals surface area contributed by atoms with Crippen molar-refractivity contribution in [3.63, 3.8) is 0 Å². The summed E-state index contributed by atoms with van der Waals surface area (Å²) in [4.78, 5) is 49.1. The molecule has 3 heterocycles. The predicted molar refractivity (Wildman–Crippen MR) is 647 cm³/mol. The number of hydrogen-bond acceptors (Lipinski definition) is 27. The molecule has 1 saturated heterocycles. The van der Waals surface area contributed by atoms with E-state index in [9.17, 15) is 0 Å². The largest absolute Gasteiger partial charge is 0.403 e. The molecule has 38 N–H and O–H groups in total. The van der Waals surface area contributed by atoms with Gasteiger partial charge in [0.25, 0.3) is 0 Å². The second-order valence-electron chi connectivity index (χ2n) is 25.7. The molecule has 0 aromatic carbocycles. The lowest BCUT2D eigenvalue weighted by Gasteiger charge is -2.32. The van der Waals surface area contributed by atoms with E-state index in [1.807, 2.05) is 161 Å². The van der Waals surface area contributed by atoms with Gasteiger partial charge in [-0.1, -0.05) is 180 Å². The number of nitriles is 1. The van der Waals surface area contributed by atoms with Gasteiger partial charge in [-0.15, -0.1) is 16.3 Å². The summed E-state index contributed by atoms with van der Waals surface area (Å²) in [5.74, 6) is 3.68. The van der Waals surface area contributed by atoms with E-state index < -0.39 is 0 Å². The van der Waals surface area contributed by atoms with Crippen molar-refractivity contribution in [3.8, 4) is 6.19 Å². The Morgan fingerprint density at radius 1 is 0.591 bits per heavy atom. The van der Waals surface area contributed by atoms with Crippen LogP contribution in [0.4, 0.5) is 0 Å². The van der Waals surface area contributed by atoms with Crippen molar-refractivity contribution in [3.05, 3.63) is 58.9 Å². The van der Waals surface area contributed by atoms with Gasteiger partial charge >= 0.3 is 0 Å². The summed E-state index contributed by atoms with van der Waals surface area (Å²) in [6, 6.07) is 1.44. The standard InChI is InChI=1S/C5H12N2.C5H8N2.C5H7NS.C5H13N.C4H8N4.2C4H11N3.4C4H11N.C4H9N.2C3H9N3.C3H8N2S.C3H8N2.2C3H9N.C3H7N.C3H9N.C3H8.C2H7N3.C2H6N2.C2H7N.C2H6.7CH4/c1-7(2)5-3-6-4-5;1-5-6-3-4-7(5)2;1-4-3-6-5(2)7-4;1-4-6(3)5-2;1-8(2)4(6)7-3-5;2*1-3-7-4(5)6-2;1-4(2)5-3;3*1-3-4-5-2;1-3-4(2)5;1-5-3(4)6-2;1-2-6-3(4)5;1-5-3(4)6-2;1-3(4)5-2;1-4(2)3;1-3-4-2;1-3(2)4;1-2-3-4;1-3-2;1-5-2(3)4;1-4-2-3;1-3-2;1-2;;;;;;;/h5-6H,3-4H2,1-2H3;3-4H,1-2H3;3H,1-2H3;4-5H2,1-3H3;1-2H3,(H2,6,7);2*3H2,1-2H3,(H3,5,6,7);4-5H,1-3H3;3*5H,3-4H2,1-2H3;2-3,5H2,1H3;1-2H3,(H3,4,5,6);2H2,1H3,(H4,4,5,6);1-2H3,(H2,4,5);1-2H3,(H2,4,5);1-3H3;4H,3H2,1-2H3;1,4H2,2H3;2-4H2,1H3;3H2,1-2H3;1H3,(H4,3,4,5);2H,1H3,(H2,3,4);3H,1-2H3;1-2H3;7*1H4. The number of aromatic nitrogens is 3. The smallest absolute Gasteiger partial charge is 0.209 e. The lowest BCUT2D eigenvalue weighted by molar-refractivity contribution is 0.216. The third-order valence-corrected chi connectivity index (χ3v) is 12.8. The van der Waals surface area contributed by atoms with Crippen LogP contribution in [0.15, 0.2) is 88.1 Å². The van der Waals surface area contributed by atoms with Gasteiger partial charge in [0, 0.05) is 151 Å². The molecular weight excluding hydrogens is 1770 g/mol. The molecule has 2 aromatic rings. The quantitative estimate of drug-likeness (QED) is 0.0422. The second-order valence-corrected chi connectivity index (χ2v) is 27.9. The summed E-state index contributed by atoms with van der Waals surface area (Å²) in [6.45, 7) is 63.8. The van der Waals surface area contributed by atoms with Gasteiger partial charge in [0.15, 0.2) is 35.0 Å². The number of amidine groups is 2. The Morgan fingerprint density at radius 2 is 0.898 bits per heavy atom. The number of aryl methyl sites for hydroxylation is 4. The molecule has 0 atom stereocenters. The Morgan fingerprint density at radius 3 is 0.927 bits per heavy atom. The lowest BCUT2D eigenvalue weighted by Crippen LogP contribution is -2.54. The number of nitrogens with one attached hydrogen (secondary N) is 10. The maximum atomic E-state index is 7.94. The fraction of sp³-hybridized carbons (Fsp3) is 0.787. The van der Waals surface area contributed by atoms with E-state index in [4.69, 9.17) is 85.5 Å². The summed E-state index contributed by atoms with van der Waals surface area (Å²) in [6.07, 6.45) is 17.2. The molecular formula is C94H253N41S2. The van der Waals surface area contributed by atoms with Gasteiger partial charge in [-0.05, 0) is 237 Å². The van der Waals surface area contributed by atoms with E-state index in [0.29, 0.717) is 47.2 Å². The van der Waals surface area contributed by atoms with Crippen LogP contribution in [0, 0.1) is 32.2 Å². The van der Waals surface area contributed by atoms with E-state index in [0.717, 1.165) is 94.3 Å². The number of likely N-dealkylation sites (N-methyl/N-ethyl adjacent to an activating group) is 1. The maximum absolute atomic E-state index is 7.94. The number of imidazole rings is 1. The molecule has 0 spiro atoms. The molecule has 1 aliphatic heterocycles. The minimum Gasteiger partial charge on any atom is -0.403 e. The fourth-order valence-corrected chi connectivity index (χ4v) is 4.44. The van der Waals surface area contributed by atoms with Crippen LogP contribution in [0.25, 0.3) is 0 Å². The minimum absolute atomic E-state index is 0. The molecule has 43 heteroatoms. The van der Waals surface area contributed by atoms with Crippen molar-refractivity contribution >= 4 is 76.2 Å². The molecule has 0 radical (unpaired) electrons. The van der Waals surface area contributed by atoms with Crippen LogP contribution >= 0.6 is 23.1 Å². The van der Waals surface area contributed by atoms with E-state index in [2.05, 4.69) is 235 Å². The summed E-state index contributed by atoms with van der Waals surface area (Å²) < 4.78 is 1.97. The van der Waals surface area contributed by atoms with Crippen molar-refractivity contribution in [1.29, 1.82) is 5.26 Å². The molecule has 137 heavy (non-hydrogen) atoms. The monoisotopic (exact) mass is 2020 g/mol. The molecule has 0 bridgehead atoms. The average Bonchev–Trinajstić information content (AvgIpc) is 1.87. The zero-order valence-corrected chi connectivity index (χ0v) is 94.7. The third kappa shape index (κ3) is 416. The summed E-state index contributed by atoms with van der Waals surface area (Å²) in [5, 5.41) is 39.0. The van der Waals surface area contributed by atoms with Gasteiger partial charge in [0.1, 0.15) is 5.82 Å². The van der Waals surface area contributed by atoms with Crippen molar-refractivity contribution in [2.24, 2.45) is 132 Å². The van der Waals surface area contributed by atoms with Crippen molar-refractivity contribution in [1.82, 2.24) is 87.3 Å². The van der Waals surface area contributed by atoms with Gasteiger partial charge in [0.05, 0.1) is 17.2 Å². The minimum atomic E-state index is 0. The van der Waals surface area contributed by atoms with Crippen LogP contribution in [0.5, 0.6) is 0 Å². The summed E-state index contributed by atoms with van der Waals surface area (Å²) >= 11 is 3.18. The Labute approximate surface area is 863 Å². The van der Waals surface area contributed by atoms with E-state index in [-0.39, 0.29) is 69.9 Å². The summed E-state index contributed by atoms with van der Waals surface area (Å²) in [7, 11) is 44.4. The first-order valence-corrected chi connectivity index (χ1v) is 46.0. The molecule has 0 aliphatic carbocycles. The number of nitrogens with two attached hydrogens (primary N) is 14. The van der Waals surface area contributed by atoms with Crippen LogP contribution in [-0.2, 0) is 7.05 Å². The third-order valence-electron chi connectivity index (χ3n) is 11.4.